The maximum Gasteiger partial charge on any atom is 0.326 e. The monoisotopic (exact) mass is 1590 g/mol. The smallest absolute Gasteiger partial charge is 0.326 e. The molecular weight excluding hydrogens is 1470 g/mol. The summed E-state index contributed by atoms with van der Waals surface area (Å²) in [5, 5.41) is 82.4. The summed E-state index contributed by atoms with van der Waals surface area (Å²) in [5.74, 6) is -17.2. The molecule has 0 bridgehead atoms. The molecule has 0 aromatic heterocycles. The predicted octanol–water partition coefficient (Wildman–Crippen LogP) is -3.19. The number of benzene rings is 2. The van der Waals surface area contributed by atoms with Crippen LogP contribution in [0, 0.1) is 29.6 Å². The third kappa shape index (κ3) is 34.9. The van der Waals surface area contributed by atoms with E-state index in [1.807, 2.05) is 0 Å². The molecule has 0 spiro atoms. The van der Waals surface area contributed by atoms with E-state index in [-0.39, 0.29) is 100 Å². The van der Waals surface area contributed by atoms with Crippen LogP contribution in [0.4, 0.5) is 0 Å². The molecule has 1 saturated heterocycles. The molecule has 13 amide bonds. The summed E-state index contributed by atoms with van der Waals surface area (Å²) >= 11 is 0. The Morgan fingerprint density at radius 2 is 0.894 bits per heavy atom. The van der Waals surface area contributed by atoms with Gasteiger partial charge in [0.15, 0.2) is 6.04 Å². The largest absolute Gasteiger partial charge is 0.508 e. The van der Waals surface area contributed by atoms with Crippen LogP contribution in [0.5, 0.6) is 11.5 Å². The number of aliphatic carboxylic acids is 3. The van der Waals surface area contributed by atoms with Crippen LogP contribution >= 0.6 is 0 Å². The number of hydrogen-bond donors (Lipinski definition) is 21. The third-order valence-corrected chi connectivity index (χ3v) is 18.8. The minimum Gasteiger partial charge on any atom is -0.508 e. The van der Waals surface area contributed by atoms with Crippen LogP contribution in [0.1, 0.15) is 164 Å². The van der Waals surface area contributed by atoms with Crippen LogP contribution < -0.4 is 86.3 Å². The molecule has 113 heavy (non-hydrogen) atoms. The van der Waals surface area contributed by atoms with Crippen molar-refractivity contribution in [1.82, 2.24) is 74.0 Å². The van der Waals surface area contributed by atoms with E-state index in [0.29, 0.717) is 24.0 Å². The molecule has 0 radical (unpaired) electrons. The van der Waals surface area contributed by atoms with Gasteiger partial charge < -0.3 is 111 Å². The molecule has 38 nitrogen and oxygen atoms in total. The highest BCUT2D eigenvalue weighted by Gasteiger charge is 2.42. The van der Waals surface area contributed by atoms with Crippen molar-refractivity contribution in [3.05, 3.63) is 59.7 Å². The summed E-state index contributed by atoms with van der Waals surface area (Å²) in [6.45, 7) is 17.3. The summed E-state index contributed by atoms with van der Waals surface area (Å²) in [6, 6.07) is -5.24. The fourth-order valence-corrected chi connectivity index (χ4v) is 12.2. The van der Waals surface area contributed by atoms with Crippen molar-refractivity contribution < 1.29 is 108 Å². The lowest BCUT2D eigenvalue weighted by Crippen LogP contribution is -2.70. The Labute approximate surface area is 657 Å². The number of carboxylic acids is 3. The van der Waals surface area contributed by atoms with Crippen molar-refractivity contribution in [2.24, 2.45) is 41.1 Å². The number of quaternary nitrogens is 1. The number of phenolic OH excluding ortho intramolecular Hbond substituents is 2. The van der Waals surface area contributed by atoms with Gasteiger partial charge in [0.05, 0.1) is 13.1 Å². The van der Waals surface area contributed by atoms with E-state index >= 15 is 0 Å². The number of rotatable bonds is 50. The topological polar surface area (TPSA) is 614 Å². The molecule has 2 aromatic rings. The minimum atomic E-state index is -1.61. The normalized spacial score (nSPS) is 16.1. The molecule has 630 valence electrons. The molecule has 1 fully saturated rings. The highest BCUT2D eigenvalue weighted by molar-refractivity contribution is 6.00. The number of hydrogen-bond acceptors (Lipinski definition) is 21. The van der Waals surface area contributed by atoms with Gasteiger partial charge in [0.2, 0.25) is 70.9 Å². The van der Waals surface area contributed by atoms with Gasteiger partial charge in [-0.25, -0.2) is 4.79 Å². The number of carbonyl (C=O) groups is 16. The van der Waals surface area contributed by atoms with Gasteiger partial charge in [-0.15, -0.1) is 0 Å². The molecular formula is C75H120N17O21+. The number of nitrogens with one attached hydrogen (secondary N) is 13. The number of phenols is 2. The number of nitrogens with zero attached hydrogens (tertiary/aromatic N) is 1. The van der Waals surface area contributed by atoms with Crippen LogP contribution in [0.15, 0.2) is 48.5 Å². The lowest BCUT2D eigenvalue weighted by molar-refractivity contribution is -0.403. The average molecular weight is 1600 g/mol. The van der Waals surface area contributed by atoms with Crippen LogP contribution in [-0.2, 0) is 89.6 Å². The van der Waals surface area contributed by atoms with Crippen molar-refractivity contribution >= 4 is 94.7 Å². The van der Waals surface area contributed by atoms with Crippen molar-refractivity contribution in [2.75, 3.05) is 26.2 Å². The average Bonchev–Trinajstić information content (AvgIpc) is 1.75. The molecule has 1 aliphatic rings. The summed E-state index contributed by atoms with van der Waals surface area (Å²) < 4.78 is 0. The Bertz CT molecular complexity index is 3570. The van der Waals surface area contributed by atoms with Gasteiger partial charge in [0.1, 0.15) is 90.7 Å². The van der Waals surface area contributed by atoms with Gasteiger partial charge in [-0.3, -0.25) is 77.2 Å². The lowest BCUT2D eigenvalue weighted by Gasteiger charge is -2.32. The lowest BCUT2D eigenvalue weighted by atomic mass is 9.96. The maximum atomic E-state index is 14.9. The Morgan fingerprint density at radius 1 is 0.478 bits per heavy atom. The zero-order valence-electron chi connectivity index (χ0n) is 66.3. The quantitative estimate of drug-likeness (QED) is 0.0229. The van der Waals surface area contributed by atoms with Crippen molar-refractivity contribution in [2.45, 2.75) is 245 Å². The van der Waals surface area contributed by atoms with E-state index in [0.717, 1.165) is 0 Å². The summed E-state index contributed by atoms with van der Waals surface area (Å²) in [5.41, 5.74) is 15.9. The first-order valence-electron chi connectivity index (χ1n) is 38.2. The van der Waals surface area contributed by atoms with Crippen LogP contribution in [-0.4, -0.2) is 230 Å². The summed E-state index contributed by atoms with van der Waals surface area (Å²) in [7, 11) is 0. The third-order valence-electron chi connectivity index (χ3n) is 18.8. The number of likely N-dealkylation sites (tertiary alicyclic amines) is 1. The van der Waals surface area contributed by atoms with Gasteiger partial charge in [0, 0.05) is 25.8 Å². The molecule has 0 aliphatic carbocycles. The zero-order valence-corrected chi connectivity index (χ0v) is 66.3. The van der Waals surface area contributed by atoms with E-state index < -0.39 is 218 Å². The van der Waals surface area contributed by atoms with Gasteiger partial charge in [-0.05, 0) is 130 Å². The summed E-state index contributed by atoms with van der Waals surface area (Å²) in [4.78, 5) is 219. The van der Waals surface area contributed by atoms with E-state index in [1.165, 1.54) is 60.4 Å². The van der Waals surface area contributed by atoms with Crippen LogP contribution in [0.25, 0.3) is 0 Å². The van der Waals surface area contributed by atoms with Gasteiger partial charge in [0.25, 0.3) is 5.91 Å². The van der Waals surface area contributed by atoms with E-state index in [9.17, 15) is 102 Å². The van der Waals surface area contributed by atoms with Crippen molar-refractivity contribution in [3.63, 3.8) is 0 Å². The molecule has 1 heterocycles. The fraction of sp³-hybridized carbons (Fsp3) is 0.627. The second kappa shape index (κ2) is 48.3. The van der Waals surface area contributed by atoms with Gasteiger partial charge in [-0.2, -0.15) is 0 Å². The van der Waals surface area contributed by atoms with Crippen LogP contribution in [0.2, 0.25) is 0 Å². The number of aromatic hydroxyl groups is 2. The SMILES string of the molecule is CC[C@H](C)[C@H](NC(=O)[C@H](C)NC(=O)[C@@H]1CCCN1C(=O)[C@@H](NC(=O)[C@@H]([NH3+])CC(=O)O)[C@@H](C)CC)C(=O)N[C@@H](Cc1ccc(O)cc1)C(=O)N[C@@H](CCCNC(N)N)C(=O)N[C@@H](Cc1ccc(O)cc1)C(=O)NCC(=O)N[C@@H](CC(C)C)C(=O)N[C@@H](CCC(=O)O)C(=O)NCC(=O)N[C@@H](CC(C)C)C(=O)N[C@@H](CC(C)C)C(=O)O. The number of carboxylic acid groups (broad SMARTS) is 3. The standard InChI is InChI=1S/C75H119N17O21/c1-12-41(9)61(90-63(101)43(11)82-71(109)56-17-15-29-92(56)73(111)62(42(10)13-2)91-64(102)48(76)35-60(99)100)72(110)88-54(34-45-20-24-47(94)25-21-45)70(108)85-49(16-14-28-79-75(77)78)67(105)87-53(33-44-18-22-46(93)23-19-44)66(104)81-37-58(96)83-51(30-38(3)4)68(106)86-50(26-27-59(97)98)65(103)80-36-57(95)84-52(31-39(5)6)69(107)89-55(74(112)113)32-40(7)8/h18-25,38-43,48-56,61-62,75,79,93-94H,12-17,26-37,76-78H2,1-11H3,(H,80,103)(H,81,104)(H,82,109)(H,83,96)(H,84,95)(H,85,108)(H,86,106)(H,87,105)(H,88,110)(H,89,107)(H,90,101)(H,91,102)(H,97,98)(H,99,100)(H,112,113)/p+1/t41-,42-,43-,48-,49-,50-,51-,52-,53-,54-,55-,56-,61-,62-/m0/s1. The Morgan fingerprint density at radius 3 is 1.35 bits per heavy atom. The highest BCUT2D eigenvalue weighted by Crippen LogP contribution is 2.23. The number of nitrogens with two attached hydrogens (primary N) is 2. The maximum absolute atomic E-state index is 14.9. The molecule has 1 aliphatic heterocycles. The van der Waals surface area contributed by atoms with Gasteiger partial charge >= 0.3 is 17.9 Å². The first kappa shape index (κ1) is 96.6. The van der Waals surface area contributed by atoms with Crippen molar-refractivity contribution in [1.29, 1.82) is 0 Å². The fourth-order valence-electron chi connectivity index (χ4n) is 12.2. The van der Waals surface area contributed by atoms with E-state index in [2.05, 4.69) is 74.9 Å². The van der Waals surface area contributed by atoms with E-state index in [4.69, 9.17) is 11.5 Å². The van der Waals surface area contributed by atoms with Crippen molar-refractivity contribution in [3.8, 4) is 11.5 Å². The Kier molecular flexibility index (Phi) is 41.3. The molecule has 25 N–H and O–H groups in total. The first-order valence-corrected chi connectivity index (χ1v) is 38.2. The zero-order chi connectivity index (χ0) is 85.1. The minimum absolute atomic E-state index is 0.0764. The second-order valence-electron chi connectivity index (χ2n) is 30.0. The first-order chi connectivity index (χ1) is 53.0. The molecule has 3 rings (SSSR count). The molecule has 0 saturated carbocycles. The number of carbonyl (C=O) groups excluding carboxylic acids is 13. The van der Waals surface area contributed by atoms with Gasteiger partial charge in [-0.1, -0.05) is 106 Å². The molecule has 14 atom stereocenters. The number of amides is 13. The Hall–Kier alpha value is -10.6. The van der Waals surface area contributed by atoms with E-state index in [1.54, 1.807) is 69.2 Å². The summed E-state index contributed by atoms with van der Waals surface area (Å²) in [6.07, 6.45) is -2.04. The molecule has 0 unspecified atom stereocenters. The second-order valence-corrected chi connectivity index (χ2v) is 30.0. The molecule has 38 heteroatoms. The Balaban J connectivity index is 1.92. The predicted molar refractivity (Wildman–Crippen MR) is 409 cm³/mol. The highest BCUT2D eigenvalue weighted by atomic mass is 16.4. The molecule has 2 aromatic carbocycles. The van der Waals surface area contributed by atoms with Crippen LogP contribution in [0.3, 0.4) is 0 Å².